The Balaban J connectivity index is 1.32. The molecule has 1 N–H and O–H groups in total. The number of hydrogen-bond donors (Lipinski definition) is 1. The summed E-state index contributed by atoms with van der Waals surface area (Å²) in [5, 5.41) is 3.05. The standard InChI is InChI=1S/C21H23N5O2/c1-13-3-4-15(20-23-14(2)11-28-20)9-17(13)24-21(27)25-8-7-19-18(10-25)22-12-26(19)16-5-6-16/h3-4,9,11-12,16H,5-8,10H2,1-2H3,(H,24,27). The van der Waals surface area contributed by atoms with Gasteiger partial charge in [0.1, 0.15) is 6.26 Å². The second-order valence-electron chi connectivity index (χ2n) is 7.70. The zero-order chi connectivity index (χ0) is 19.3. The number of rotatable bonds is 3. The van der Waals surface area contributed by atoms with E-state index < -0.39 is 0 Å². The van der Waals surface area contributed by atoms with Crippen molar-refractivity contribution in [2.75, 3.05) is 11.9 Å². The van der Waals surface area contributed by atoms with Gasteiger partial charge in [-0.2, -0.15) is 0 Å². The monoisotopic (exact) mass is 377 g/mol. The third kappa shape index (κ3) is 3.06. The van der Waals surface area contributed by atoms with Gasteiger partial charge in [-0.15, -0.1) is 0 Å². The van der Waals surface area contributed by atoms with Gasteiger partial charge in [0.25, 0.3) is 0 Å². The second kappa shape index (κ2) is 6.51. The molecule has 1 saturated carbocycles. The van der Waals surface area contributed by atoms with Crippen molar-refractivity contribution in [1.82, 2.24) is 19.4 Å². The largest absolute Gasteiger partial charge is 0.444 e. The Labute approximate surface area is 163 Å². The van der Waals surface area contributed by atoms with Crippen molar-refractivity contribution in [3.8, 4) is 11.5 Å². The molecule has 2 aliphatic rings. The van der Waals surface area contributed by atoms with Gasteiger partial charge in [-0.3, -0.25) is 0 Å². The number of carbonyl (C=O) groups excluding carboxylic acids is 1. The Morgan fingerprint density at radius 2 is 2.14 bits per heavy atom. The number of benzene rings is 1. The Bertz CT molecular complexity index is 1050. The highest BCUT2D eigenvalue weighted by Gasteiger charge is 2.30. The predicted octanol–water partition coefficient (Wildman–Crippen LogP) is 4.08. The maximum Gasteiger partial charge on any atom is 0.322 e. The Hall–Kier alpha value is -3.09. The number of carbonyl (C=O) groups is 1. The van der Waals surface area contributed by atoms with E-state index >= 15 is 0 Å². The van der Waals surface area contributed by atoms with Crippen molar-refractivity contribution in [2.24, 2.45) is 0 Å². The third-order valence-corrected chi connectivity index (χ3v) is 5.51. The van der Waals surface area contributed by atoms with Crippen molar-refractivity contribution in [1.29, 1.82) is 0 Å². The summed E-state index contributed by atoms with van der Waals surface area (Å²) in [7, 11) is 0. The number of imidazole rings is 1. The van der Waals surface area contributed by atoms with Crippen LogP contribution < -0.4 is 5.32 Å². The number of urea groups is 1. The lowest BCUT2D eigenvalue weighted by Crippen LogP contribution is -2.39. The molecule has 0 unspecified atom stereocenters. The van der Waals surface area contributed by atoms with E-state index in [2.05, 4.69) is 19.9 Å². The highest BCUT2D eigenvalue weighted by molar-refractivity contribution is 5.91. The van der Waals surface area contributed by atoms with Crippen molar-refractivity contribution >= 4 is 11.7 Å². The van der Waals surface area contributed by atoms with Crippen LogP contribution >= 0.6 is 0 Å². The molecule has 28 heavy (non-hydrogen) atoms. The normalized spacial score (nSPS) is 16.1. The summed E-state index contributed by atoms with van der Waals surface area (Å²) in [6.07, 6.45) is 6.91. The minimum absolute atomic E-state index is 0.101. The number of hydrogen-bond acceptors (Lipinski definition) is 4. The van der Waals surface area contributed by atoms with E-state index in [4.69, 9.17) is 4.42 Å². The van der Waals surface area contributed by atoms with Crippen molar-refractivity contribution in [3.63, 3.8) is 0 Å². The van der Waals surface area contributed by atoms with Gasteiger partial charge >= 0.3 is 6.03 Å². The van der Waals surface area contributed by atoms with Gasteiger partial charge in [0.05, 0.1) is 24.3 Å². The van der Waals surface area contributed by atoms with Gasteiger partial charge < -0.3 is 19.2 Å². The fourth-order valence-electron chi connectivity index (χ4n) is 3.74. The summed E-state index contributed by atoms with van der Waals surface area (Å²) in [5.74, 6) is 0.557. The second-order valence-corrected chi connectivity index (χ2v) is 7.70. The van der Waals surface area contributed by atoms with Crippen LogP contribution in [0.25, 0.3) is 11.5 Å². The summed E-state index contributed by atoms with van der Waals surface area (Å²) < 4.78 is 7.79. The minimum atomic E-state index is -0.101. The minimum Gasteiger partial charge on any atom is -0.444 e. The predicted molar refractivity (Wildman–Crippen MR) is 105 cm³/mol. The average molecular weight is 377 g/mol. The van der Waals surface area contributed by atoms with Crippen LogP contribution in [0.2, 0.25) is 0 Å². The van der Waals surface area contributed by atoms with Crippen LogP contribution in [0.3, 0.4) is 0 Å². The lowest BCUT2D eigenvalue weighted by atomic mass is 10.1. The number of nitrogens with zero attached hydrogens (tertiary/aromatic N) is 4. The number of aromatic nitrogens is 3. The van der Waals surface area contributed by atoms with Gasteiger partial charge in [0, 0.05) is 36.0 Å². The average Bonchev–Trinajstić information content (AvgIpc) is 3.30. The molecule has 7 nitrogen and oxygen atoms in total. The van der Waals surface area contributed by atoms with Crippen LogP contribution in [0.4, 0.5) is 10.5 Å². The summed E-state index contributed by atoms with van der Waals surface area (Å²) >= 11 is 0. The van der Waals surface area contributed by atoms with Gasteiger partial charge in [-0.1, -0.05) is 6.07 Å². The molecule has 0 atom stereocenters. The maximum atomic E-state index is 12.9. The SMILES string of the molecule is Cc1coc(-c2ccc(C)c(NC(=O)N3CCc4c(ncn4C4CC4)C3)c2)n1. The van der Waals surface area contributed by atoms with Crippen LogP contribution in [-0.4, -0.2) is 32.0 Å². The molecule has 3 heterocycles. The summed E-state index contributed by atoms with van der Waals surface area (Å²) in [5.41, 5.74) is 5.76. The highest BCUT2D eigenvalue weighted by Crippen LogP contribution is 2.37. The smallest absolute Gasteiger partial charge is 0.322 e. The molecule has 1 aliphatic heterocycles. The van der Waals surface area contributed by atoms with E-state index in [1.165, 1.54) is 18.5 Å². The van der Waals surface area contributed by atoms with Crippen LogP contribution in [0.5, 0.6) is 0 Å². The summed E-state index contributed by atoms with van der Waals surface area (Å²) in [4.78, 5) is 23.6. The fraction of sp³-hybridized carbons (Fsp3) is 0.381. The topological polar surface area (TPSA) is 76.2 Å². The Morgan fingerprint density at radius 1 is 1.29 bits per heavy atom. The van der Waals surface area contributed by atoms with Gasteiger partial charge in [0.15, 0.2) is 0 Å². The number of oxazole rings is 1. The molecule has 0 bridgehead atoms. The molecule has 1 aromatic carbocycles. The van der Waals surface area contributed by atoms with Gasteiger partial charge in [-0.05, 0) is 44.4 Å². The van der Waals surface area contributed by atoms with Crippen LogP contribution in [0.15, 0.2) is 35.2 Å². The first-order valence-electron chi connectivity index (χ1n) is 9.72. The molecule has 1 aliphatic carbocycles. The third-order valence-electron chi connectivity index (χ3n) is 5.51. The molecule has 1 fully saturated rings. The molecule has 2 aromatic heterocycles. The van der Waals surface area contributed by atoms with E-state index in [9.17, 15) is 4.79 Å². The van der Waals surface area contributed by atoms with E-state index in [0.717, 1.165) is 34.6 Å². The first-order valence-corrected chi connectivity index (χ1v) is 9.72. The zero-order valence-corrected chi connectivity index (χ0v) is 16.1. The fourth-order valence-corrected chi connectivity index (χ4v) is 3.74. The quantitative estimate of drug-likeness (QED) is 0.746. The lowest BCUT2D eigenvalue weighted by Gasteiger charge is -2.27. The number of fused-ring (bicyclic) bond motifs is 1. The molecular weight excluding hydrogens is 354 g/mol. The molecule has 0 saturated heterocycles. The molecule has 0 radical (unpaired) electrons. The van der Waals surface area contributed by atoms with E-state index in [1.807, 2.05) is 43.3 Å². The Morgan fingerprint density at radius 3 is 2.89 bits per heavy atom. The molecule has 0 spiro atoms. The first kappa shape index (κ1) is 17.0. The highest BCUT2D eigenvalue weighted by atomic mass is 16.3. The summed E-state index contributed by atoms with van der Waals surface area (Å²) in [6.45, 7) is 5.12. The number of amides is 2. The van der Waals surface area contributed by atoms with E-state index in [0.29, 0.717) is 25.0 Å². The molecule has 144 valence electrons. The zero-order valence-electron chi connectivity index (χ0n) is 16.1. The van der Waals surface area contributed by atoms with Gasteiger partial charge in [0.2, 0.25) is 5.89 Å². The molecular formula is C21H23N5O2. The summed E-state index contributed by atoms with van der Waals surface area (Å²) in [6, 6.07) is 6.36. The maximum absolute atomic E-state index is 12.9. The van der Waals surface area contributed by atoms with Crippen LogP contribution in [0, 0.1) is 13.8 Å². The lowest BCUT2D eigenvalue weighted by molar-refractivity contribution is 0.205. The molecule has 2 amide bonds. The number of anilines is 1. The van der Waals surface area contributed by atoms with E-state index in [1.54, 1.807) is 6.26 Å². The molecule has 3 aromatic rings. The van der Waals surface area contributed by atoms with Crippen LogP contribution in [0.1, 0.15) is 41.5 Å². The number of aryl methyl sites for hydroxylation is 2. The van der Waals surface area contributed by atoms with Crippen LogP contribution in [-0.2, 0) is 13.0 Å². The molecule has 7 heteroatoms. The first-order chi connectivity index (χ1) is 13.6. The van der Waals surface area contributed by atoms with E-state index in [-0.39, 0.29) is 6.03 Å². The number of nitrogens with one attached hydrogen (secondary N) is 1. The molecule has 5 rings (SSSR count). The van der Waals surface area contributed by atoms with Crippen molar-refractivity contribution in [3.05, 3.63) is 53.4 Å². The van der Waals surface area contributed by atoms with Gasteiger partial charge in [-0.25, -0.2) is 14.8 Å². The van der Waals surface area contributed by atoms with Crippen molar-refractivity contribution in [2.45, 2.75) is 45.7 Å². The Kier molecular flexibility index (Phi) is 3.96. The van der Waals surface area contributed by atoms with Crippen molar-refractivity contribution < 1.29 is 9.21 Å².